The molecule has 72 valence electrons. The van der Waals surface area contributed by atoms with Crippen LogP contribution in [0.5, 0.6) is 0 Å². The lowest BCUT2D eigenvalue weighted by molar-refractivity contribution is 0.112. The molecule has 2 rings (SSSR count). The molecular weight excluding hydrogens is 176 g/mol. The highest BCUT2D eigenvalue weighted by atomic mass is 16.1. The molecule has 0 aliphatic heterocycles. The number of rotatable bonds is 2. The molecule has 0 saturated heterocycles. The standard InChI is InChI=1S/C11H12N2O/c1-3-13-8(2)10-6-4-5-9(7-14)11(10)12-13/h4-7H,3H2,1-2H3. The number of hydrogen-bond acceptors (Lipinski definition) is 2. The molecule has 1 aromatic heterocycles. The van der Waals surface area contributed by atoms with Gasteiger partial charge < -0.3 is 0 Å². The minimum atomic E-state index is 0.665. The molecule has 1 heterocycles. The summed E-state index contributed by atoms with van der Waals surface area (Å²) in [5, 5.41) is 5.45. The number of aryl methyl sites for hydroxylation is 2. The number of fused-ring (bicyclic) bond motifs is 1. The van der Waals surface area contributed by atoms with Gasteiger partial charge in [0.05, 0.1) is 0 Å². The first-order chi connectivity index (χ1) is 6.77. The van der Waals surface area contributed by atoms with Crippen LogP contribution in [-0.4, -0.2) is 16.1 Å². The molecule has 0 saturated carbocycles. The van der Waals surface area contributed by atoms with E-state index in [0.29, 0.717) is 5.56 Å². The van der Waals surface area contributed by atoms with Crippen molar-refractivity contribution in [1.82, 2.24) is 9.78 Å². The summed E-state index contributed by atoms with van der Waals surface area (Å²) in [5.74, 6) is 0. The highest BCUT2D eigenvalue weighted by Gasteiger charge is 2.08. The Balaban J connectivity index is 2.83. The maximum absolute atomic E-state index is 10.8. The number of nitrogens with zero attached hydrogens (tertiary/aromatic N) is 2. The van der Waals surface area contributed by atoms with E-state index in [1.165, 1.54) is 0 Å². The van der Waals surface area contributed by atoms with E-state index in [-0.39, 0.29) is 0 Å². The molecule has 1 aromatic carbocycles. The van der Waals surface area contributed by atoms with Crippen LogP contribution >= 0.6 is 0 Å². The Bertz CT molecular complexity index is 485. The highest BCUT2D eigenvalue weighted by Crippen LogP contribution is 2.19. The van der Waals surface area contributed by atoms with Gasteiger partial charge in [0.15, 0.2) is 6.29 Å². The van der Waals surface area contributed by atoms with Gasteiger partial charge in [-0.3, -0.25) is 9.48 Å². The Morgan fingerprint density at radius 3 is 2.93 bits per heavy atom. The maximum atomic E-state index is 10.8. The molecule has 0 radical (unpaired) electrons. The van der Waals surface area contributed by atoms with Crippen LogP contribution in [0, 0.1) is 6.92 Å². The van der Waals surface area contributed by atoms with Crippen molar-refractivity contribution in [2.45, 2.75) is 20.4 Å². The molecule has 0 aliphatic carbocycles. The zero-order valence-corrected chi connectivity index (χ0v) is 8.32. The Kier molecular flexibility index (Phi) is 2.08. The van der Waals surface area contributed by atoms with Gasteiger partial charge in [0.25, 0.3) is 0 Å². The zero-order valence-electron chi connectivity index (χ0n) is 8.32. The summed E-state index contributed by atoms with van der Waals surface area (Å²) in [4.78, 5) is 10.8. The second-order valence-electron chi connectivity index (χ2n) is 3.26. The number of hydrogen-bond donors (Lipinski definition) is 0. The fourth-order valence-corrected chi connectivity index (χ4v) is 1.70. The molecule has 0 N–H and O–H groups in total. The maximum Gasteiger partial charge on any atom is 0.152 e. The lowest BCUT2D eigenvalue weighted by Crippen LogP contribution is -1.97. The predicted octanol–water partition coefficient (Wildman–Crippen LogP) is 2.18. The van der Waals surface area contributed by atoms with Crippen LogP contribution in [0.3, 0.4) is 0 Å². The monoisotopic (exact) mass is 188 g/mol. The van der Waals surface area contributed by atoms with Gasteiger partial charge in [0, 0.05) is 23.2 Å². The summed E-state index contributed by atoms with van der Waals surface area (Å²) in [6.45, 7) is 4.89. The van der Waals surface area contributed by atoms with E-state index < -0.39 is 0 Å². The smallest absolute Gasteiger partial charge is 0.152 e. The van der Waals surface area contributed by atoms with Crippen molar-refractivity contribution in [2.75, 3.05) is 0 Å². The summed E-state index contributed by atoms with van der Waals surface area (Å²) in [6, 6.07) is 5.68. The van der Waals surface area contributed by atoms with Crippen LogP contribution in [0.4, 0.5) is 0 Å². The van der Waals surface area contributed by atoms with Gasteiger partial charge in [-0.1, -0.05) is 12.1 Å². The third-order valence-corrected chi connectivity index (χ3v) is 2.49. The minimum absolute atomic E-state index is 0.665. The molecule has 0 fully saturated rings. The molecule has 0 bridgehead atoms. The third kappa shape index (κ3) is 1.13. The summed E-state index contributed by atoms with van der Waals surface area (Å²) in [6.07, 6.45) is 0.856. The Morgan fingerprint density at radius 2 is 2.29 bits per heavy atom. The quantitative estimate of drug-likeness (QED) is 0.677. The largest absolute Gasteiger partial charge is 0.298 e. The topological polar surface area (TPSA) is 34.9 Å². The van der Waals surface area contributed by atoms with Crippen molar-refractivity contribution in [3.63, 3.8) is 0 Å². The van der Waals surface area contributed by atoms with Crippen LogP contribution in [0.1, 0.15) is 23.0 Å². The molecule has 14 heavy (non-hydrogen) atoms. The summed E-state index contributed by atoms with van der Waals surface area (Å²) in [5.41, 5.74) is 2.59. The van der Waals surface area contributed by atoms with Crippen LogP contribution in [0.25, 0.3) is 10.9 Å². The van der Waals surface area contributed by atoms with Gasteiger partial charge in [-0.2, -0.15) is 5.10 Å². The molecule has 0 atom stereocenters. The van der Waals surface area contributed by atoms with Crippen molar-refractivity contribution >= 4 is 17.2 Å². The Labute approximate surface area is 82.3 Å². The minimum Gasteiger partial charge on any atom is -0.298 e. The van der Waals surface area contributed by atoms with E-state index in [1.54, 1.807) is 6.07 Å². The normalized spacial score (nSPS) is 10.7. The molecule has 0 amide bonds. The summed E-state index contributed by atoms with van der Waals surface area (Å²) < 4.78 is 1.91. The second kappa shape index (κ2) is 3.25. The zero-order chi connectivity index (χ0) is 10.1. The molecule has 3 nitrogen and oxygen atoms in total. The van der Waals surface area contributed by atoms with E-state index in [4.69, 9.17) is 0 Å². The number of benzene rings is 1. The van der Waals surface area contributed by atoms with Gasteiger partial charge in [-0.25, -0.2) is 0 Å². The van der Waals surface area contributed by atoms with Gasteiger partial charge in [-0.05, 0) is 19.9 Å². The SMILES string of the molecule is CCn1nc2c(C=O)cccc2c1C. The second-order valence-corrected chi connectivity index (χ2v) is 3.26. The first-order valence-corrected chi connectivity index (χ1v) is 4.69. The van der Waals surface area contributed by atoms with Crippen LogP contribution in [0.2, 0.25) is 0 Å². The highest BCUT2D eigenvalue weighted by molar-refractivity contribution is 5.96. The lowest BCUT2D eigenvalue weighted by Gasteiger charge is -1.96. The Morgan fingerprint density at radius 1 is 1.50 bits per heavy atom. The molecule has 3 heteroatoms. The number of carbonyl (C=O) groups excluding carboxylic acids is 1. The molecule has 0 spiro atoms. The van der Waals surface area contributed by atoms with E-state index in [1.807, 2.05) is 30.7 Å². The molecule has 0 aliphatic rings. The van der Waals surface area contributed by atoms with Crippen molar-refractivity contribution < 1.29 is 4.79 Å². The molecular formula is C11H12N2O. The summed E-state index contributed by atoms with van der Waals surface area (Å²) in [7, 11) is 0. The van der Waals surface area contributed by atoms with Crippen molar-refractivity contribution in [1.29, 1.82) is 0 Å². The van der Waals surface area contributed by atoms with Crippen LogP contribution in [-0.2, 0) is 6.54 Å². The lowest BCUT2D eigenvalue weighted by atomic mass is 10.1. The van der Waals surface area contributed by atoms with Crippen molar-refractivity contribution in [2.24, 2.45) is 0 Å². The first-order valence-electron chi connectivity index (χ1n) is 4.69. The van der Waals surface area contributed by atoms with Gasteiger partial charge >= 0.3 is 0 Å². The van der Waals surface area contributed by atoms with Crippen molar-refractivity contribution in [3.05, 3.63) is 29.5 Å². The van der Waals surface area contributed by atoms with Gasteiger partial charge in [0.1, 0.15) is 5.52 Å². The van der Waals surface area contributed by atoms with Gasteiger partial charge in [0.2, 0.25) is 0 Å². The first kappa shape index (κ1) is 8.94. The number of carbonyl (C=O) groups is 1. The van der Waals surface area contributed by atoms with E-state index in [0.717, 1.165) is 29.4 Å². The number of aldehydes is 1. The van der Waals surface area contributed by atoms with Crippen molar-refractivity contribution in [3.8, 4) is 0 Å². The number of aromatic nitrogens is 2. The average Bonchev–Trinajstić information content (AvgIpc) is 2.55. The third-order valence-electron chi connectivity index (χ3n) is 2.49. The predicted molar refractivity (Wildman–Crippen MR) is 55.5 cm³/mol. The van der Waals surface area contributed by atoms with E-state index in [2.05, 4.69) is 5.10 Å². The van der Waals surface area contributed by atoms with Crippen LogP contribution in [0.15, 0.2) is 18.2 Å². The summed E-state index contributed by atoms with van der Waals surface area (Å²) >= 11 is 0. The van der Waals surface area contributed by atoms with Gasteiger partial charge in [-0.15, -0.1) is 0 Å². The average molecular weight is 188 g/mol. The molecule has 0 unspecified atom stereocenters. The molecule has 2 aromatic rings. The van der Waals surface area contributed by atoms with E-state index >= 15 is 0 Å². The fourth-order valence-electron chi connectivity index (χ4n) is 1.70. The Hall–Kier alpha value is -1.64. The fraction of sp³-hybridized carbons (Fsp3) is 0.273. The van der Waals surface area contributed by atoms with E-state index in [9.17, 15) is 4.79 Å². The van der Waals surface area contributed by atoms with Crippen LogP contribution < -0.4 is 0 Å².